The first-order chi connectivity index (χ1) is 9.56. The number of carbonyl (C=O) groups is 2. The maximum Gasteiger partial charge on any atom is 0.260 e. The average molecular weight is 291 g/mol. The number of nitrogens with zero attached hydrogens (tertiary/aromatic N) is 1. The van der Waals surface area contributed by atoms with Gasteiger partial charge in [-0.1, -0.05) is 32.0 Å². The minimum Gasteiger partial charge on any atom is -0.278 e. The first-order valence-corrected chi connectivity index (χ1v) is 7.73. The number of thiol groups is 1. The molecule has 3 nitrogen and oxygen atoms in total. The SMILES string of the molecule is CCC(CC)(CS)CN1C(=O)Cc2ccccc2C1=O. The molecule has 1 heterocycles. The van der Waals surface area contributed by atoms with Crippen molar-refractivity contribution in [2.75, 3.05) is 12.3 Å². The van der Waals surface area contributed by atoms with E-state index in [2.05, 4.69) is 26.5 Å². The highest BCUT2D eigenvalue weighted by Crippen LogP contribution is 2.31. The molecule has 2 rings (SSSR count). The van der Waals surface area contributed by atoms with Crippen molar-refractivity contribution in [3.63, 3.8) is 0 Å². The fourth-order valence-corrected chi connectivity index (χ4v) is 3.19. The first-order valence-electron chi connectivity index (χ1n) is 7.10. The van der Waals surface area contributed by atoms with Crippen molar-refractivity contribution in [1.29, 1.82) is 0 Å². The van der Waals surface area contributed by atoms with Crippen molar-refractivity contribution in [3.05, 3.63) is 35.4 Å². The Morgan fingerprint density at radius 3 is 2.45 bits per heavy atom. The molecule has 0 saturated carbocycles. The second-order valence-corrected chi connectivity index (χ2v) is 5.80. The molecule has 1 aromatic carbocycles. The summed E-state index contributed by atoms with van der Waals surface area (Å²) in [6, 6.07) is 7.37. The Morgan fingerprint density at radius 1 is 1.20 bits per heavy atom. The van der Waals surface area contributed by atoms with Gasteiger partial charge in [0, 0.05) is 12.1 Å². The molecule has 0 aliphatic carbocycles. The van der Waals surface area contributed by atoms with Gasteiger partial charge in [0.1, 0.15) is 0 Å². The molecule has 4 heteroatoms. The minimum absolute atomic E-state index is 0.0826. The highest BCUT2D eigenvalue weighted by Gasteiger charge is 2.36. The number of amides is 2. The van der Waals surface area contributed by atoms with Crippen LogP contribution in [-0.4, -0.2) is 29.0 Å². The summed E-state index contributed by atoms with van der Waals surface area (Å²) in [4.78, 5) is 26.2. The predicted molar refractivity (Wildman–Crippen MR) is 83.1 cm³/mol. The molecule has 1 aromatic rings. The van der Waals surface area contributed by atoms with Crippen LogP contribution in [0.4, 0.5) is 0 Å². The molecule has 108 valence electrons. The fourth-order valence-electron chi connectivity index (χ4n) is 2.64. The van der Waals surface area contributed by atoms with Crippen molar-refractivity contribution in [2.24, 2.45) is 5.41 Å². The normalized spacial score (nSPS) is 15.4. The summed E-state index contributed by atoms with van der Waals surface area (Å²) in [6.45, 7) is 4.65. The minimum atomic E-state index is -0.162. The van der Waals surface area contributed by atoms with Crippen molar-refractivity contribution >= 4 is 24.4 Å². The molecular weight excluding hydrogens is 270 g/mol. The van der Waals surface area contributed by atoms with Gasteiger partial charge >= 0.3 is 0 Å². The Hall–Kier alpha value is -1.29. The third kappa shape index (κ3) is 2.62. The second-order valence-electron chi connectivity index (χ2n) is 5.48. The topological polar surface area (TPSA) is 37.4 Å². The van der Waals surface area contributed by atoms with Gasteiger partial charge in [-0.2, -0.15) is 12.6 Å². The van der Waals surface area contributed by atoms with Gasteiger partial charge in [0.05, 0.1) is 6.42 Å². The molecule has 0 bridgehead atoms. The Morgan fingerprint density at radius 2 is 1.85 bits per heavy atom. The van der Waals surface area contributed by atoms with Gasteiger partial charge in [-0.25, -0.2) is 0 Å². The van der Waals surface area contributed by atoms with Crippen LogP contribution in [0.1, 0.15) is 42.6 Å². The van der Waals surface area contributed by atoms with Gasteiger partial charge in [0.25, 0.3) is 5.91 Å². The van der Waals surface area contributed by atoms with Crippen LogP contribution < -0.4 is 0 Å². The number of rotatable bonds is 5. The molecule has 1 aliphatic rings. The lowest BCUT2D eigenvalue weighted by Gasteiger charge is -2.37. The quantitative estimate of drug-likeness (QED) is 0.669. The Balaban J connectivity index is 2.30. The third-order valence-electron chi connectivity index (χ3n) is 4.46. The van der Waals surface area contributed by atoms with E-state index < -0.39 is 0 Å². The lowest BCUT2D eigenvalue weighted by molar-refractivity contribution is -0.129. The van der Waals surface area contributed by atoms with E-state index in [9.17, 15) is 9.59 Å². The van der Waals surface area contributed by atoms with E-state index in [1.54, 1.807) is 6.07 Å². The molecule has 0 radical (unpaired) electrons. The molecule has 0 fully saturated rings. The van der Waals surface area contributed by atoms with Crippen LogP contribution in [0, 0.1) is 5.41 Å². The van der Waals surface area contributed by atoms with E-state index in [1.165, 1.54) is 4.90 Å². The molecule has 0 saturated heterocycles. The summed E-state index contributed by atoms with van der Waals surface area (Å²) < 4.78 is 0. The van der Waals surface area contributed by atoms with Crippen LogP contribution in [0.3, 0.4) is 0 Å². The van der Waals surface area contributed by atoms with Crippen molar-refractivity contribution < 1.29 is 9.59 Å². The smallest absolute Gasteiger partial charge is 0.260 e. The molecule has 0 unspecified atom stereocenters. The summed E-state index contributed by atoms with van der Waals surface area (Å²) in [6.07, 6.45) is 2.13. The number of carbonyl (C=O) groups excluding carboxylic acids is 2. The molecule has 1 aliphatic heterocycles. The van der Waals surface area contributed by atoms with E-state index in [1.807, 2.05) is 18.2 Å². The van der Waals surface area contributed by atoms with Gasteiger partial charge in [0.15, 0.2) is 0 Å². The lowest BCUT2D eigenvalue weighted by Crippen LogP contribution is -2.48. The van der Waals surface area contributed by atoms with Crippen LogP contribution in [0.2, 0.25) is 0 Å². The van der Waals surface area contributed by atoms with E-state index in [-0.39, 0.29) is 17.2 Å². The maximum absolute atomic E-state index is 12.5. The van der Waals surface area contributed by atoms with Crippen molar-refractivity contribution in [1.82, 2.24) is 4.90 Å². The molecule has 0 spiro atoms. The molecule has 20 heavy (non-hydrogen) atoms. The standard InChI is InChI=1S/C16H21NO2S/c1-3-16(4-2,11-20)10-17-14(18)9-12-7-5-6-8-13(12)15(17)19/h5-8,20H,3-4,9-11H2,1-2H3. The number of fused-ring (bicyclic) bond motifs is 1. The summed E-state index contributed by atoms with van der Waals surface area (Å²) in [5.41, 5.74) is 1.41. The van der Waals surface area contributed by atoms with Gasteiger partial charge in [0.2, 0.25) is 5.91 Å². The van der Waals surface area contributed by atoms with Gasteiger partial charge in [-0.3, -0.25) is 14.5 Å². The van der Waals surface area contributed by atoms with Gasteiger partial charge in [-0.15, -0.1) is 0 Å². The molecule has 0 atom stereocenters. The molecule has 2 amide bonds. The Labute approximate surface area is 125 Å². The summed E-state index contributed by atoms with van der Waals surface area (Å²) >= 11 is 4.43. The van der Waals surface area contributed by atoms with Crippen LogP contribution in [0.25, 0.3) is 0 Å². The maximum atomic E-state index is 12.5. The first kappa shape index (κ1) is 15.1. The van der Waals surface area contributed by atoms with E-state index in [4.69, 9.17) is 0 Å². The Bertz CT molecular complexity index is 515. The largest absolute Gasteiger partial charge is 0.278 e. The zero-order chi connectivity index (χ0) is 14.8. The predicted octanol–water partition coefficient (Wildman–Crippen LogP) is 2.95. The van der Waals surface area contributed by atoms with E-state index in [0.717, 1.165) is 18.4 Å². The fraction of sp³-hybridized carbons (Fsp3) is 0.500. The van der Waals surface area contributed by atoms with Gasteiger partial charge < -0.3 is 0 Å². The summed E-state index contributed by atoms with van der Waals surface area (Å²) in [5, 5.41) is 0. The summed E-state index contributed by atoms with van der Waals surface area (Å²) in [5.74, 6) is 0.422. The van der Waals surface area contributed by atoms with Crippen LogP contribution in [0.5, 0.6) is 0 Å². The monoisotopic (exact) mass is 291 g/mol. The highest BCUT2D eigenvalue weighted by molar-refractivity contribution is 7.80. The van der Waals surface area contributed by atoms with Crippen LogP contribution in [0.15, 0.2) is 24.3 Å². The van der Waals surface area contributed by atoms with Crippen molar-refractivity contribution in [3.8, 4) is 0 Å². The number of benzene rings is 1. The molecule has 0 N–H and O–H groups in total. The average Bonchev–Trinajstić information content (AvgIpc) is 2.48. The third-order valence-corrected chi connectivity index (χ3v) is 5.14. The van der Waals surface area contributed by atoms with E-state index in [0.29, 0.717) is 24.3 Å². The number of imide groups is 1. The van der Waals surface area contributed by atoms with E-state index >= 15 is 0 Å². The lowest BCUT2D eigenvalue weighted by atomic mass is 9.83. The second kappa shape index (κ2) is 6.00. The Kier molecular flexibility index (Phi) is 4.53. The molecular formula is C16H21NO2S. The van der Waals surface area contributed by atoms with Crippen LogP contribution >= 0.6 is 12.6 Å². The number of hydrogen-bond acceptors (Lipinski definition) is 3. The molecule has 0 aromatic heterocycles. The number of hydrogen-bond donors (Lipinski definition) is 1. The van der Waals surface area contributed by atoms with Crippen LogP contribution in [-0.2, 0) is 11.2 Å². The zero-order valence-electron chi connectivity index (χ0n) is 12.1. The summed E-state index contributed by atoms with van der Waals surface area (Å²) in [7, 11) is 0. The van der Waals surface area contributed by atoms with Crippen molar-refractivity contribution in [2.45, 2.75) is 33.1 Å². The van der Waals surface area contributed by atoms with Gasteiger partial charge in [-0.05, 0) is 35.6 Å². The zero-order valence-corrected chi connectivity index (χ0v) is 13.0. The highest BCUT2D eigenvalue weighted by atomic mass is 32.1.